The zero-order valence-electron chi connectivity index (χ0n) is 12.7. The molecule has 1 saturated carbocycles. The van der Waals surface area contributed by atoms with E-state index in [1.54, 1.807) is 0 Å². The van der Waals surface area contributed by atoms with Gasteiger partial charge in [-0.15, -0.1) is 0 Å². The normalized spacial score (nSPS) is 18.5. The summed E-state index contributed by atoms with van der Waals surface area (Å²) < 4.78 is 2.11. The third-order valence-electron chi connectivity index (χ3n) is 4.67. The summed E-state index contributed by atoms with van der Waals surface area (Å²) in [7, 11) is 0. The van der Waals surface area contributed by atoms with E-state index in [1.807, 2.05) is 0 Å². The fraction of sp³-hybridized carbons (Fsp3) is 0.588. The molecule has 3 rings (SSSR count). The molecule has 108 valence electrons. The van der Waals surface area contributed by atoms with E-state index < -0.39 is 0 Å². The maximum Gasteiger partial charge on any atom is 0.0841 e. The van der Waals surface area contributed by atoms with Crippen molar-refractivity contribution in [2.24, 2.45) is 0 Å². The molecule has 2 aromatic rings. The molecule has 0 unspecified atom stereocenters. The minimum absolute atomic E-state index is 0.301. The first-order valence-electron chi connectivity index (χ1n) is 7.91. The van der Waals surface area contributed by atoms with Gasteiger partial charge < -0.3 is 5.32 Å². The topological polar surface area (TPSA) is 29.9 Å². The number of aromatic nitrogens is 2. The number of hydrogen-bond donors (Lipinski definition) is 1. The minimum Gasteiger partial charge on any atom is -0.306 e. The molecule has 0 radical (unpaired) electrons. The van der Waals surface area contributed by atoms with Crippen LogP contribution in [0.25, 0.3) is 10.9 Å². The van der Waals surface area contributed by atoms with Crippen LogP contribution in [0.2, 0.25) is 0 Å². The summed E-state index contributed by atoms with van der Waals surface area (Å²) in [5.41, 5.74) is 2.74. The minimum atomic E-state index is 0.301. The van der Waals surface area contributed by atoms with Gasteiger partial charge in [0.15, 0.2) is 0 Å². The molecule has 0 bridgehead atoms. The fourth-order valence-corrected chi connectivity index (χ4v) is 3.37. The number of aryl methyl sites for hydroxylation is 1. The smallest absolute Gasteiger partial charge is 0.0841 e. The fourth-order valence-electron chi connectivity index (χ4n) is 3.37. The van der Waals surface area contributed by atoms with Crippen LogP contribution in [0, 0.1) is 0 Å². The van der Waals surface area contributed by atoms with Gasteiger partial charge in [0, 0.05) is 24.0 Å². The van der Waals surface area contributed by atoms with Crippen molar-refractivity contribution in [3.05, 3.63) is 30.0 Å². The molecule has 1 heterocycles. The molecule has 1 fully saturated rings. The molecule has 1 N–H and O–H groups in total. The van der Waals surface area contributed by atoms with E-state index in [0.29, 0.717) is 5.54 Å². The Bertz CT molecular complexity index is 579. The van der Waals surface area contributed by atoms with Gasteiger partial charge in [-0.3, -0.25) is 4.68 Å². The average Bonchev–Trinajstić information content (AvgIpc) is 2.84. The van der Waals surface area contributed by atoms with Gasteiger partial charge in [0.2, 0.25) is 0 Å². The van der Waals surface area contributed by atoms with E-state index in [1.165, 1.54) is 48.7 Å². The number of para-hydroxylation sites is 1. The van der Waals surface area contributed by atoms with Crippen molar-refractivity contribution in [3.8, 4) is 0 Å². The average molecular weight is 271 g/mol. The first kappa shape index (κ1) is 13.6. The van der Waals surface area contributed by atoms with Crippen molar-refractivity contribution < 1.29 is 0 Å². The first-order valence-corrected chi connectivity index (χ1v) is 7.91. The summed E-state index contributed by atoms with van der Waals surface area (Å²) in [4.78, 5) is 0. The second-order valence-corrected chi connectivity index (χ2v) is 6.25. The van der Waals surface area contributed by atoms with Crippen LogP contribution in [-0.4, -0.2) is 15.3 Å². The van der Waals surface area contributed by atoms with Gasteiger partial charge in [-0.1, -0.05) is 37.5 Å². The standard InChI is InChI=1S/C17H25N3/c1-3-20-16-10-6-5-9-14(16)15(19-20)13-18-17(2)11-7-4-8-12-17/h5-6,9-10,18H,3-4,7-8,11-13H2,1-2H3. The second-order valence-electron chi connectivity index (χ2n) is 6.25. The van der Waals surface area contributed by atoms with Crippen molar-refractivity contribution in [1.82, 2.24) is 15.1 Å². The highest BCUT2D eigenvalue weighted by molar-refractivity contribution is 5.81. The number of fused-ring (bicyclic) bond motifs is 1. The third-order valence-corrected chi connectivity index (χ3v) is 4.67. The molecule has 20 heavy (non-hydrogen) atoms. The van der Waals surface area contributed by atoms with Crippen LogP contribution in [0.15, 0.2) is 24.3 Å². The van der Waals surface area contributed by atoms with Gasteiger partial charge in [0.05, 0.1) is 11.2 Å². The largest absolute Gasteiger partial charge is 0.306 e. The summed E-state index contributed by atoms with van der Waals surface area (Å²) >= 11 is 0. The monoisotopic (exact) mass is 271 g/mol. The molecule has 1 aliphatic carbocycles. The van der Waals surface area contributed by atoms with E-state index in [-0.39, 0.29) is 0 Å². The summed E-state index contributed by atoms with van der Waals surface area (Å²) in [6.45, 7) is 6.33. The molecule has 0 spiro atoms. The van der Waals surface area contributed by atoms with Gasteiger partial charge in [-0.05, 0) is 32.8 Å². The highest BCUT2D eigenvalue weighted by atomic mass is 15.3. The van der Waals surface area contributed by atoms with Crippen molar-refractivity contribution in [1.29, 1.82) is 0 Å². The molecule has 0 amide bonds. The Morgan fingerprint density at radius 1 is 1.20 bits per heavy atom. The number of nitrogens with one attached hydrogen (secondary N) is 1. The molecule has 1 aliphatic rings. The van der Waals surface area contributed by atoms with Gasteiger partial charge in [0.1, 0.15) is 0 Å². The van der Waals surface area contributed by atoms with Gasteiger partial charge in [-0.2, -0.15) is 5.10 Å². The maximum atomic E-state index is 4.78. The van der Waals surface area contributed by atoms with Crippen molar-refractivity contribution in [2.45, 2.75) is 64.6 Å². The van der Waals surface area contributed by atoms with E-state index >= 15 is 0 Å². The Morgan fingerprint density at radius 3 is 2.70 bits per heavy atom. The van der Waals surface area contributed by atoms with Crippen LogP contribution in [0.3, 0.4) is 0 Å². The van der Waals surface area contributed by atoms with Crippen molar-refractivity contribution >= 4 is 10.9 Å². The predicted molar refractivity (Wildman–Crippen MR) is 83.7 cm³/mol. The molecule has 0 aliphatic heterocycles. The van der Waals surface area contributed by atoms with Crippen LogP contribution < -0.4 is 5.32 Å². The summed E-state index contributed by atoms with van der Waals surface area (Å²) in [5, 5.41) is 9.84. The van der Waals surface area contributed by atoms with Crippen molar-refractivity contribution in [2.75, 3.05) is 0 Å². The Balaban J connectivity index is 1.80. The van der Waals surface area contributed by atoms with Gasteiger partial charge in [0.25, 0.3) is 0 Å². The predicted octanol–water partition coefficient (Wildman–Crippen LogP) is 3.87. The van der Waals surface area contributed by atoms with Crippen molar-refractivity contribution in [3.63, 3.8) is 0 Å². The quantitative estimate of drug-likeness (QED) is 0.915. The lowest BCUT2D eigenvalue weighted by Gasteiger charge is -2.34. The Hall–Kier alpha value is -1.35. The number of nitrogens with zero attached hydrogens (tertiary/aromatic N) is 2. The van der Waals surface area contributed by atoms with Crippen LogP contribution in [-0.2, 0) is 13.1 Å². The molecule has 1 aromatic heterocycles. The van der Waals surface area contributed by atoms with Crippen LogP contribution in [0.5, 0.6) is 0 Å². The zero-order valence-corrected chi connectivity index (χ0v) is 12.7. The van der Waals surface area contributed by atoms with E-state index in [4.69, 9.17) is 5.10 Å². The number of benzene rings is 1. The lowest BCUT2D eigenvalue weighted by molar-refractivity contribution is 0.251. The molecule has 3 heteroatoms. The van der Waals surface area contributed by atoms with E-state index in [0.717, 1.165) is 13.1 Å². The summed E-state index contributed by atoms with van der Waals surface area (Å²) in [6.07, 6.45) is 6.69. The molecule has 0 atom stereocenters. The molecule has 1 aromatic carbocycles. The molecule has 3 nitrogen and oxygen atoms in total. The van der Waals surface area contributed by atoms with Crippen LogP contribution in [0.4, 0.5) is 0 Å². The zero-order chi connectivity index (χ0) is 14.0. The Kier molecular flexibility index (Phi) is 3.79. The lowest BCUT2D eigenvalue weighted by Crippen LogP contribution is -2.43. The van der Waals surface area contributed by atoms with Gasteiger partial charge in [-0.25, -0.2) is 0 Å². The molecule has 0 saturated heterocycles. The Labute approximate surface area is 121 Å². The highest BCUT2D eigenvalue weighted by Gasteiger charge is 2.26. The molecular formula is C17H25N3. The summed E-state index contributed by atoms with van der Waals surface area (Å²) in [6, 6.07) is 8.55. The van der Waals surface area contributed by atoms with E-state index in [9.17, 15) is 0 Å². The maximum absolute atomic E-state index is 4.78. The molecular weight excluding hydrogens is 246 g/mol. The Morgan fingerprint density at radius 2 is 1.95 bits per heavy atom. The summed E-state index contributed by atoms with van der Waals surface area (Å²) in [5.74, 6) is 0. The number of rotatable bonds is 4. The van der Waals surface area contributed by atoms with Crippen LogP contribution in [0.1, 0.15) is 51.6 Å². The highest BCUT2D eigenvalue weighted by Crippen LogP contribution is 2.28. The van der Waals surface area contributed by atoms with E-state index in [2.05, 4.69) is 48.1 Å². The van der Waals surface area contributed by atoms with Crippen LogP contribution >= 0.6 is 0 Å². The SMILES string of the molecule is CCn1nc(CNC2(C)CCCCC2)c2ccccc21. The number of hydrogen-bond acceptors (Lipinski definition) is 2. The third kappa shape index (κ3) is 2.59. The first-order chi connectivity index (χ1) is 9.72. The second kappa shape index (κ2) is 5.57. The van der Waals surface area contributed by atoms with Gasteiger partial charge >= 0.3 is 0 Å². The lowest BCUT2D eigenvalue weighted by atomic mass is 9.83.